The first-order valence-electron chi connectivity index (χ1n) is 13.9. The molecule has 0 bridgehead atoms. The van der Waals surface area contributed by atoms with Crippen LogP contribution in [0, 0.1) is 23.7 Å². The van der Waals surface area contributed by atoms with Crippen molar-refractivity contribution in [1.82, 2.24) is 0 Å². The molecule has 1 unspecified atom stereocenters. The Labute approximate surface area is 201 Å². The van der Waals surface area contributed by atoms with Crippen LogP contribution in [0.4, 0.5) is 0 Å². The van der Waals surface area contributed by atoms with E-state index in [1.54, 1.807) is 22.0 Å². The zero-order valence-corrected chi connectivity index (χ0v) is 23.2. The van der Waals surface area contributed by atoms with E-state index in [0.717, 1.165) is 11.3 Å². The third-order valence-corrected chi connectivity index (χ3v) is 12.5. The average molecular weight is 455 g/mol. The molecule has 180 valence electrons. The van der Waals surface area contributed by atoms with Crippen LogP contribution in [0.2, 0.25) is 0 Å². The molecule has 2 aliphatic rings. The molecule has 0 heterocycles. The summed E-state index contributed by atoms with van der Waals surface area (Å²) in [4.78, 5) is 0. The Hall–Kier alpha value is -0.610. The van der Waals surface area contributed by atoms with Gasteiger partial charge in [-0.3, -0.25) is 0 Å². The summed E-state index contributed by atoms with van der Waals surface area (Å²) >= 11 is 0. The van der Waals surface area contributed by atoms with Crippen LogP contribution in [0.1, 0.15) is 118 Å². The maximum absolute atomic E-state index is 2.57. The Morgan fingerprint density at radius 1 is 0.750 bits per heavy atom. The van der Waals surface area contributed by atoms with Crippen LogP contribution < -0.4 is 5.30 Å². The van der Waals surface area contributed by atoms with Gasteiger partial charge in [-0.2, -0.15) is 0 Å². The van der Waals surface area contributed by atoms with Gasteiger partial charge in [0.15, 0.2) is 0 Å². The Kier molecular flexibility index (Phi) is 9.91. The van der Waals surface area contributed by atoms with Crippen molar-refractivity contribution in [3.63, 3.8) is 0 Å². The van der Waals surface area contributed by atoms with E-state index in [-0.39, 0.29) is 7.92 Å². The molecule has 32 heavy (non-hydrogen) atoms. The van der Waals surface area contributed by atoms with Crippen LogP contribution in [0.3, 0.4) is 0 Å². The van der Waals surface area contributed by atoms with Crippen LogP contribution in [0.15, 0.2) is 29.8 Å². The first-order valence-corrected chi connectivity index (χ1v) is 15.4. The second-order valence-electron chi connectivity index (χ2n) is 11.7. The van der Waals surface area contributed by atoms with Crippen molar-refractivity contribution in [2.45, 2.75) is 124 Å². The molecule has 3 rings (SSSR count). The lowest BCUT2D eigenvalue weighted by molar-refractivity contribution is 0.349. The molecule has 2 saturated carbocycles. The fraction of sp³-hybridized carbons (Fsp3) is 0.742. The lowest BCUT2D eigenvalue weighted by Gasteiger charge is -2.40. The van der Waals surface area contributed by atoms with Gasteiger partial charge in [0.05, 0.1) is 0 Å². The van der Waals surface area contributed by atoms with E-state index in [1.165, 1.54) is 64.2 Å². The molecular formula is C31H51P. The van der Waals surface area contributed by atoms with Gasteiger partial charge in [-0.25, -0.2) is 0 Å². The minimum atomic E-state index is -0.0829. The lowest BCUT2D eigenvalue weighted by Crippen LogP contribution is -2.29. The van der Waals surface area contributed by atoms with Crippen LogP contribution in [-0.2, 0) is 0 Å². The minimum Gasteiger partial charge on any atom is -0.0683 e. The van der Waals surface area contributed by atoms with Gasteiger partial charge < -0.3 is 0 Å². The number of rotatable bonds is 8. The molecule has 0 aliphatic heterocycles. The summed E-state index contributed by atoms with van der Waals surface area (Å²) in [7, 11) is -0.0829. The summed E-state index contributed by atoms with van der Waals surface area (Å²) in [6.07, 6.45) is 14.7. The maximum Gasteiger partial charge on any atom is -0.0145 e. The molecular weight excluding hydrogens is 403 g/mol. The van der Waals surface area contributed by atoms with Gasteiger partial charge in [0, 0.05) is 0 Å². The predicted molar refractivity (Wildman–Crippen MR) is 147 cm³/mol. The van der Waals surface area contributed by atoms with Crippen molar-refractivity contribution < 1.29 is 0 Å². The summed E-state index contributed by atoms with van der Waals surface area (Å²) in [5.74, 6) is 2.62. The number of benzene rings is 1. The molecule has 0 amide bonds. The van der Waals surface area contributed by atoms with E-state index in [2.05, 4.69) is 72.7 Å². The standard InChI is InChI=1S/C31H51P/c1-22(2)24(5)26(7)31(25(6)23(3)4)29-20-14-15-21-30(29)32(27-16-10-8-11-17-27)28-18-12-9-13-19-28/h14-15,20-24,26-28H,8-13,16-19H2,1-7H3/b31-25-/t24-,26?/m1/s1. The second kappa shape index (κ2) is 12.2. The topological polar surface area (TPSA) is 0 Å². The van der Waals surface area contributed by atoms with Gasteiger partial charge in [-0.15, -0.1) is 0 Å². The molecule has 0 aromatic heterocycles. The Balaban J connectivity index is 2.12. The van der Waals surface area contributed by atoms with Crippen LogP contribution in [-0.4, -0.2) is 11.3 Å². The average Bonchev–Trinajstić information content (AvgIpc) is 2.81. The number of hydrogen-bond donors (Lipinski definition) is 0. The maximum atomic E-state index is 2.57. The van der Waals surface area contributed by atoms with E-state index >= 15 is 0 Å². The van der Waals surface area contributed by atoms with Crippen molar-refractivity contribution >= 4 is 18.8 Å². The Morgan fingerprint density at radius 3 is 1.72 bits per heavy atom. The van der Waals surface area contributed by atoms with Crippen LogP contribution in [0.5, 0.6) is 0 Å². The fourth-order valence-electron chi connectivity index (χ4n) is 6.30. The normalized spacial score (nSPS) is 21.8. The number of allylic oxidation sites excluding steroid dienone is 2. The molecule has 0 nitrogen and oxygen atoms in total. The minimum absolute atomic E-state index is 0.0829. The second-order valence-corrected chi connectivity index (χ2v) is 14.4. The van der Waals surface area contributed by atoms with E-state index < -0.39 is 0 Å². The van der Waals surface area contributed by atoms with Gasteiger partial charge >= 0.3 is 0 Å². The van der Waals surface area contributed by atoms with Crippen molar-refractivity contribution in [1.29, 1.82) is 0 Å². The molecule has 0 saturated heterocycles. The Bertz CT molecular complexity index is 713. The quantitative estimate of drug-likeness (QED) is 0.343. The predicted octanol–water partition coefficient (Wildman–Crippen LogP) is 9.82. The summed E-state index contributed by atoms with van der Waals surface area (Å²) < 4.78 is 0. The van der Waals surface area contributed by atoms with Crippen molar-refractivity contribution in [2.75, 3.05) is 0 Å². The zero-order valence-electron chi connectivity index (χ0n) is 22.3. The van der Waals surface area contributed by atoms with E-state index in [1.807, 2.05) is 0 Å². The van der Waals surface area contributed by atoms with Gasteiger partial charge in [0.2, 0.25) is 0 Å². The van der Waals surface area contributed by atoms with E-state index in [9.17, 15) is 0 Å². The molecule has 2 fully saturated rings. The monoisotopic (exact) mass is 454 g/mol. The van der Waals surface area contributed by atoms with Gasteiger partial charge in [0.1, 0.15) is 0 Å². The van der Waals surface area contributed by atoms with Crippen LogP contribution >= 0.6 is 7.92 Å². The third-order valence-electron chi connectivity index (χ3n) is 9.00. The highest BCUT2D eigenvalue weighted by Crippen LogP contribution is 2.56. The van der Waals surface area contributed by atoms with Crippen molar-refractivity contribution in [2.24, 2.45) is 23.7 Å². The van der Waals surface area contributed by atoms with Crippen molar-refractivity contribution in [3.05, 3.63) is 35.4 Å². The Morgan fingerprint density at radius 2 is 1.25 bits per heavy atom. The molecule has 1 aromatic rings. The van der Waals surface area contributed by atoms with E-state index in [0.29, 0.717) is 23.7 Å². The first kappa shape index (κ1) is 26.0. The summed E-state index contributed by atoms with van der Waals surface area (Å²) in [6.45, 7) is 17.1. The van der Waals surface area contributed by atoms with Crippen molar-refractivity contribution in [3.8, 4) is 0 Å². The van der Waals surface area contributed by atoms with E-state index in [4.69, 9.17) is 0 Å². The molecule has 1 aromatic carbocycles. The molecule has 2 aliphatic carbocycles. The smallest absolute Gasteiger partial charge is 0.0145 e. The summed E-state index contributed by atoms with van der Waals surface area (Å²) in [5.41, 5.74) is 6.87. The summed E-state index contributed by atoms with van der Waals surface area (Å²) in [5, 5.41) is 1.78. The van der Waals surface area contributed by atoms with Crippen LogP contribution in [0.25, 0.3) is 5.57 Å². The fourth-order valence-corrected chi connectivity index (χ4v) is 10.3. The third kappa shape index (κ3) is 6.09. The zero-order chi connectivity index (χ0) is 23.3. The highest BCUT2D eigenvalue weighted by Gasteiger charge is 2.35. The molecule has 1 heteroatoms. The van der Waals surface area contributed by atoms with Gasteiger partial charge in [-0.05, 0) is 84.0 Å². The lowest BCUT2D eigenvalue weighted by atomic mass is 9.76. The SMILES string of the molecule is C/C(=C(/c1ccccc1P(C1CCCCC1)C1CCCCC1)C(C)[C@H](C)C(C)C)C(C)C. The van der Waals surface area contributed by atoms with Gasteiger partial charge in [0.25, 0.3) is 0 Å². The van der Waals surface area contributed by atoms with Gasteiger partial charge in [-0.1, -0.05) is 118 Å². The number of hydrogen-bond acceptors (Lipinski definition) is 0. The highest BCUT2D eigenvalue weighted by atomic mass is 31.1. The summed E-state index contributed by atoms with van der Waals surface area (Å²) in [6, 6.07) is 9.78. The molecule has 2 atom stereocenters. The molecule has 0 radical (unpaired) electrons. The first-order chi connectivity index (χ1) is 15.3. The molecule has 0 N–H and O–H groups in total. The largest absolute Gasteiger partial charge is 0.0683 e. The highest BCUT2D eigenvalue weighted by molar-refractivity contribution is 7.67. The molecule has 0 spiro atoms.